The maximum atomic E-state index is 15.0. The number of carbonyl (C=O) groups excluding carboxylic acids is 1. The van der Waals surface area contributed by atoms with Gasteiger partial charge in [-0.1, -0.05) is 5.16 Å². The molecule has 2 aliphatic heterocycles. The van der Waals surface area contributed by atoms with Gasteiger partial charge in [0, 0.05) is 36.9 Å². The normalized spacial score (nSPS) is 20.3. The predicted octanol–water partition coefficient (Wildman–Crippen LogP) is -0.0630. The lowest BCUT2D eigenvalue weighted by atomic mass is 9.97. The van der Waals surface area contributed by atoms with Gasteiger partial charge in [-0.15, -0.1) is 11.3 Å². The molecule has 0 aromatic carbocycles. The number of carboxylic acid groups (broad SMARTS) is 1. The molecule has 0 spiro atoms. The van der Waals surface area contributed by atoms with Crippen molar-refractivity contribution >= 4 is 35.2 Å². The predicted molar refractivity (Wildman–Crippen MR) is 114 cm³/mol. The summed E-state index contributed by atoms with van der Waals surface area (Å²) in [6, 6.07) is 1.59. The first-order valence-corrected chi connectivity index (χ1v) is 10.8. The molecule has 3 aromatic rings. The van der Waals surface area contributed by atoms with E-state index in [0.717, 1.165) is 12.3 Å². The monoisotopic (exact) mass is 472 g/mol. The second kappa shape index (κ2) is 8.01. The molecule has 2 aliphatic rings. The fourth-order valence-electron chi connectivity index (χ4n) is 3.81. The van der Waals surface area contributed by atoms with E-state index in [1.807, 2.05) is 0 Å². The van der Waals surface area contributed by atoms with Crippen molar-refractivity contribution in [3.05, 3.63) is 56.0 Å². The number of hydrogen-bond donors (Lipinski definition) is 2. The number of amides is 1. The van der Waals surface area contributed by atoms with Gasteiger partial charge in [0.05, 0.1) is 16.8 Å². The van der Waals surface area contributed by atoms with Crippen molar-refractivity contribution in [2.24, 2.45) is 10.9 Å². The van der Waals surface area contributed by atoms with Crippen LogP contribution in [0.5, 0.6) is 0 Å². The Kier molecular flexibility index (Phi) is 5.13. The molecule has 170 valence electrons. The van der Waals surface area contributed by atoms with Crippen LogP contribution in [0.4, 0.5) is 10.3 Å². The number of nitrogens with zero attached hydrogens (tertiary/aromatic N) is 5. The summed E-state index contributed by atoms with van der Waals surface area (Å²) in [7, 11) is 0. The van der Waals surface area contributed by atoms with Crippen molar-refractivity contribution < 1.29 is 23.6 Å². The molecule has 2 unspecified atom stereocenters. The minimum Gasteiger partial charge on any atom is -0.477 e. The fourth-order valence-corrected chi connectivity index (χ4v) is 4.42. The number of fused-ring (bicyclic) bond motifs is 1. The highest BCUT2D eigenvalue weighted by Gasteiger charge is 2.41. The lowest BCUT2D eigenvalue weighted by Gasteiger charge is -2.42. The first-order chi connectivity index (χ1) is 15.8. The van der Waals surface area contributed by atoms with E-state index in [4.69, 9.17) is 4.52 Å². The molecule has 0 bridgehead atoms. The number of nitrogens with one attached hydrogen (secondary N) is 1. The van der Waals surface area contributed by atoms with E-state index in [-0.39, 0.29) is 35.6 Å². The lowest BCUT2D eigenvalue weighted by Crippen LogP contribution is -2.61. The van der Waals surface area contributed by atoms with Crippen LogP contribution in [0.1, 0.15) is 16.1 Å². The molecular weight excluding hydrogens is 455 g/mol. The van der Waals surface area contributed by atoms with E-state index >= 15 is 4.39 Å². The summed E-state index contributed by atoms with van der Waals surface area (Å²) >= 11 is 1.22. The molecule has 1 fully saturated rings. The SMILES string of the molecule is Cc1cc(NC(=O)C2CN(C3N=c4c(c(=O)c(C(=O)O)cn4-c4nccs4)=CC3F)C2)on1. The number of halogens is 1. The summed E-state index contributed by atoms with van der Waals surface area (Å²) in [5, 5.41) is 17.7. The Morgan fingerprint density at radius 2 is 2.15 bits per heavy atom. The van der Waals surface area contributed by atoms with Crippen LogP contribution in [-0.2, 0) is 4.79 Å². The molecule has 2 N–H and O–H groups in total. The van der Waals surface area contributed by atoms with Crippen LogP contribution in [0.3, 0.4) is 0 Å². The average molecular weight is 472 g/mol. The number of carboxylic acids is 1. The molecular formula is C20H17FN6O5S. The Bertz CT molecular complexity index is 1430. The van der Waals surface area contributed by atoms with Gasteiger partial charge in [0.15, 0.2) is 11.3 Å². The Balaban J connectivity index is 1.44. The number of aryl methyl sites for hydroxylation is 1. The summed E-state index contributed by atoms with van der Waals surface area (Å²) in [5.41, 5.74) is -0.542. The van der Waals surface area contributed by atoms with Gasteiger partial charge >= 0.3 is 5.97 Å². The Labute approximate surface area is 188 Å². The topological polar surface area (TPSA) is 143 Å². The molecule has 5 rings (SSSR count). The molecule has 1 saturated heterocycles. The summed E-state index contributed by atoms with van der Waals surface area (Å²) in [5.74, 6) is -1.85. The van der Waals surface area contributed by atoms with Crippen LogP contribution < -0.4 is 21.5 Å². The maximum Gasteiger partial charge on any atom is 0.341 e. The highest BCUT2D eigenvalue weighted by atomic mass is 32.1. The molecule has 0 aliphatic carbocycles. The first kappa shape index (κ1) is 21.2. The van der Waals surface area contributed by atoms with E-state index in [1.54, 1.807) is 23.3 Å². The molecule has 3 aromatic heterocycles. The molecule has 0 radical (unpaired) electrons. The number of pyridine rings is 1. The van der Waals surface area contributed by atoms with Gasteiger partial charge in [0.1, 0.15) is 17.2 Å². The zero-order valence-electron chi connectivity index (χ0n) is 17.1. The number of carbonyl (C=O) groups is 2. The quantitative estimate of drug-likeness (QED) is 0.526. The van der Waals surface area contributed by atoms with Crippen molar-refractivity contribution in [2.75, 3.05) is 18.4 Å². The van der Waals surface area contributed by atoms with Crippen LogP contribution in [0, 0.1) is 12.8 Å². The highest BCUT2D eigenvalue weighted by molar-refractivity contribution is 7.12. The van der Waals surface area contributed by atoms with E-state index in [2.05, 4.69) is 20.4 Å². The minimum atomic E-state index is -1.65. The lowest BCUT2D eigenvalue weighted by molar-refractivity contribution is -0.126. The third kappa shape index (κ3) is 3.74. The van der Waals surface area contributed by atoms with Gasteiger partial charge in [-0.3, -0.25) is 24.4 Å². The molecule has 1 amide bonds. The van der Waals surface area contributed by atoms with Gasteiger partial charge in [-0.25, -0.2) is 19.2 Å². The van der Waals surface area contributed by atoms with E-state index in [0.29, 0.717) is 10.8 Å². The van der Waals surface area contributed by atoms with Crippen molar-refractivity contribution in [1.29, 1.82) is 0 Å². The highest BCUT2D eigenvalue weighted by Crippen LogP contribution is 2.25. The van der Waals surface area contributed by atoms with Crippen molar-refractivity contribution in [3.63, 3.8) is 0 Å². The van der Waals surface area contributed by atoms with E-state index < -0.39 is 35.2 Å². The van der Waals surface area contributed by atoms with Crippen LogP contribution in [-0.4, -0.2) is 62.0 Å². The number of aromatic carboxylic acids is 1. The van der Waals surface area contributed by atoms with Gasteiger partial charge in [-0.2, -0.15) is 0 Å². The standard InChI is InChI=1S/C20H17FN6O5S/c1-9-4-14(32-25-9)23-18(29)10-6-26(7-10)17-13(21)5-11-15(28)12(19(30)31)8-27(16(11)24-17)20-22-2-3-33-20/h2-5,8,10,13,17H,6-7H2,1H3,(H,23,29)(H,30,31). The average Bonchev–Trinajstić information content (AvgIpc) is 3.40. The van der Waals surface area contributed by atoms with Crippen molar-refractivity contribution in [1.82, 2.24) is 19.6 Å². The van der Waals surface area contributed by atoms with Crippen LogP contribution in [0.25, 0.3) is 11.2 Å². The number of rotatable bonds is 5. The summed E-state index contributed by atoms with van der Waals surface area (Å²) in [6.45, 7) is 2.24. The zero-order valence-corrected chi connectivity index (χ0v) is 18.0. The molecule has 13 heteroatoms. The molecule has 2 atom stereocenters. The van der Waals surface area contributed by atoms with Crippen LogP contribution in [0.15, 0.2) is 38.2 Å². The van der Waals surface area contributed by atoms with Crippen molar-refractivity contribution in [3.8, 4) is 5.13 Å². The second-order valence-electron chi connectivity index (χ2n) is 7.73. The van der Waals surface area contributed by atoms with E-state index in [1.165, 1.54) is 22.1 Å². The summed E-state index contributed by atoms with van der Waals surface area (Å²) in [6.07, 6.45) is 1.16. The molecule has 33 heavy (non-hydrogen) atoms. The van der Waals surface area contributed by atoms with Gasteiger partial charge in [0.2, 0.25) is 17.2 Å². The largest absolute Gasteiger partial charge is 0.477 e. The third-order valence-electron chi connectivity index (χ3n) is 5.47. The fraction of sp³-hybridized carbons (Fsp3) is 0.300. The number of hydrogen-bond acceptors (Lipinski definition) is 9. The minimum absolute atomic E-state index is 0.121. The van der Waals surface area contributed by atoms with E-state index in [9.17, 15) is 19.5 Å². The van der Waals surface area contributed by atoms with Gasteiger partial charge < -0.3 is 9.63 Å². The number of anilines is 1. The van der Waals surface area contributed by atoms with Gasteiger partial charge in [0.25, 0.3) is 0 Å². The zero-order chi connectivity index (χ0) is 23.3. The maximum absolute atomic E-state index is 15.0. The Hall–Kier alpha value is -3.71. The Morgan fingerprint density at radius 3 is 2.79 bits per heavy atom. The first-order valence-electron chi connectivity index (χ1n) is 9.92. The molecule has 5 heterocycles. The third-order valence-corrected chi connectivity index (χ3v) is 6.24. The van der Waals surface area contributed by atoms with Crippen LogP contribution in [0.2, 0.25) is 0 Å². The number of alkyl halides is 1. The summed E-state index contributed by atoms with van der Waals surface area (Å²) in [4.78, 5) is 46.9. The molecule has 0 saturated carbocycles. The Morgan fingerprint density at radius 1 is 1.36 bits per heavy atom. The summed E-state index contributed by atoms with van der Waals surface area (Å²) < 4.78 is 21.4. The number of likely N-dealkylation sites (tertiary alicyclic amines) is 1. The van der Waals surface area contributed by atoms with Crippen molar-refractivity contribution in [2.45, 2.75) is 19.3 Å². The number of aromatic nitrogens is 3. The van der Waals surface area contributed by atoms with Crippen LogP contribution >= 0.6 is 11.3 Å². The molecule has 11 nitrogen and oxygen atoms in total. The van der Waals surface area contributed by atoms with Gasteiger partial charge in [-0.05, 0) is 13.0 Å². The second-order valence-corrected chi connectivity index (χ2v) is 8.60. The number of thiazole rings is 1. The smallest absolute Gasteiger partial charge is 0.341 e.